The number of rotatable bonds is 4. The highest BCUT2D eigenvalue weighted by Crippen LogP contribution is 2.41. The van der Waals surface area contributed by atoms with Crippen molar-refractivity contribution in [1.82, 2.24) is 0 Å². The first-order chi connectivity index (χ1) is 10.6. The molecule has 2 nitrogen and oxygen atoms in total. The van der Waals surface area contributed by atoms with Crippen LogP contribution in [-0.2, 0) is 0 Å². The van der Waals surface area contributed by atoms with Crippen molar-refractivity contribution in [3.05, 3.63) is 51.1 Å². The minimum Gasteiger partial charge on any atom is -0.510 e. The van der Waals surface area contributed by atoms with Crippen LogP contribution in [0.15, 0.2) is 51.1 Å². The van der Waals surface area contributed by atoms with E-state index in [0.717, 1.165) is 38.3 Å². The molecule has 0 radical (unpaired) electrons. The zero-order valence-corrected chi connectivity index (χ0v) is 22.4. The average Bonchev–Trinajstić information content (AvgIpc) is 2.38. The van der Waals surface area contributed by atoms with Crippen LogP contribution in [-0.4, -0.2) is 8.56 Å². The van der Waals surface area contributed by atoms with Gasteiger partial charge in [0.1, 0.15) is 11.5 Å². The Morgan fingerprint density at radius 2 is 0.870 bits per heavy atom. The summed E-state index contributed by atoms with van der Waals surface area (Å²) in [6.07, 6.45) is 0. The highest BCUT2D eigenvalue weighted by atomic mass is 79.9. The molecule has 0 N–H and O–H groups in total. The van der Waals surface area contributed by atoms with E-state index in [2.05, 4.69) is 95.6 Å². The Labute approximate surface area is 186 Å². The molecule has 9 heteroatoms. The lowest BCUT2D eigenvalue weighted by molar-refractivity contribution is 0.394. The molecule has 0 aliphatic rings. The Hall–Kier alpha value is 1.14. The van der Waals surface area contributed by atoms with Gasteiger partial charge in [-0.2, -0.15) is 0 Å². The largest absolute Gasteiger partial charge is 0.510 e. The fourth-order valence-electron chi connectivity index (χ4n) is 1.77. The molecule has 0 aromatic heterocycles. The highest BCUT2D eigenvalue weighted by Gasteiger charge is 2.32. The Morgan fingerprint density at radius 1 is 0.609 bits per heavy atom. The molecule has 0 unspecified atom stereocenters. The molecule has 124 valence electrons. The zero-order chi connectivity index (χ0) is 17.4. The van der Waals surface area contributed by atoms with Crippen molar-refractivity contribution < 1.29 is 8.85 Å². The van der Waals surface area contributed by atoms with Crippen LogP contribution in [0.5, 0.6) is 11.5 Å². The van der Waals surface area contributed by atoms with E-state index < -0.39 is 8.56 Å². The van der Waals surface area contributed by atoms with E-state index in [9.17, 15) is 0 Å². The third-order valence-corrected chi connectivity index (χ3v) is 7.29. The maximum absolute atomic E-state index is 6.21. The van der Waals surface area contributed by atoms with Crippen molar-refractivity contribution >= 4 is 104 Å². The van der Waals surface area contributed by atoms with Crippen molar-refractivity contribution in [1.29, 1.82) is 0 Å². The fourth-order valence-corrected chi connectivity index (χ4v) is 8.67. The van der Waals surface area contributed by atoms with Crippen LogP contribution in [0.2, 0.25) is 13.1 Å². The maximum atomic E-state index is 6.21. The van der Waals surface area contributed by atoms with Crippen molar-refractivity contribution in [3.63, 3.8) is 0 Å². The van der Waals surface area contributed by atoms with Crippen LogP contribution in [0, 0.1) is 0 Å². The van der Waals surface area contributed by atoms with Crippen molar-refractivity contribution in [2.24, 2.45) is 0 Å². The van der Waals surface area contributed by atoms with E-state index in [1.807, 2.05) is 37.4 Å². The molecule has 0 saturated heterocycles. The molecular weight excluding hydrogens is 708 g/mol. The van der Waals surface area contributed by atoms with Gasteiger partial charge in [-0.1, -0.05) is 31.9 Å². The van der Waals surface area contributed by atoms with Crippen molar-refractivity contribution in [2.75, 3.05) is 0 Å². The number of hydrogen-bond acceptors (Lipinski definition) is 2. The molecule has 0 spiro atoms. The summed E-state index contributed by atoms with van der Waals surface area (Å²) in [4.78, 5) is 0. The summed E-state index contributed by atoms with van der Waals surface area (Å²) in [5.41, 5.74) is 0. The predicted octanol–water partition coefficient (Wildman–Crippen LogP) is 8.42. The van der Waals surface area contributed by atoms with Gasteiger partial charge in [-0.25, -0.2) is 0 Å². The molecule has 2 rings (SSSR count). The maximum Gasteiger partial charge on any atom is 0.454 e. The molecule has 23 heavy (non-hydrogen) atoms. The molecular formula is C14H10Br6O2Si. The van der Waals surface area contributed by atoms with E-state index >= 15 is 0 Å². The highest BCUT2D eigenvalue weighted by molar-refractivity contribution is 9.12. The van der Waals surface area contributed by atoms with Crippen molar-refractivity contribution in [3.8, 4) is 11.5 Å². The molecule has 0 heterocycles. The summed E-state index contributed by atoms with van der Waals surface area (Å²) in [6.45, 7) is 3.99. The average molecular weight is 718 g/mol. The summed E-state index contributed by atoms with van der Waals surface area (Å²) in [5, 5.41) is 0. The monoisotopic (exact) mass is 712 g/mol. The van der Waals surface area contributed by atoms with Crippen molar-refractivity contribution in [2.45, 2.75) is 13.1 Å². The van der Waals surface area contributed by atoms with Gasteiger partial charge in [0, 0.05) is 22.0 Å². The first kappa shape index (κ1) is 20.4. The Bertz CT molecular complexity index is 643. The molecule has 0 amide bonds. The molecule has 2 aromatic carbocycles. The van der Waals surface area contributed by atoms with Crippen LogP contribution in [0.1, 0.15) is 0 Å². The van der Waals surface area contributed by atoms with Crippen LogP contribution in [0.3, 0.4) is 0 Å². The topological polar surface area (TPSA) is 18.5 Å². The van der Waals surface area contributed by atoms with Crippen LogP contribution < -0.4 is 8.85 Å². The van der Waals surface area contributed by atoms with Crippen LogP contribution >= 0.6 is 95.6 Å². The number of hydrogen-bond donors (Lipinski definition) is 0. The molecule has 0 aliphatic heterocycles. The zero-order valence-electron chi connectivity index (χ0n) is 11.9. The smallest absolute Gasteiger partial charge is 0.454 e. The lowest BCUT2D eigenvalue weighted by atomic mass is 10.3. The van der Waals surface area contributed by atoms with Gasteiger partial charge in [-0.05, 0) is 88.0 Å². The van der Waals surface area contributed by atoms with Gasteiger partial charge in [0.15, 0.2) is 0 Å². The standard InChI is InChI=1S/C14H10Br6O2Si/c1-23(2,21-13-9(17)3-7(15)4-10(13)18)22-14-11(19)5-8(16)6-12(14)20/h3-6H,1-2H3. The first-order valence-electron chi connectivity index (χ1n) is 6.26. The van der Waals surface area contributed by atoms with Gasteiger partial charge in [0.05, 0.1) is 17.9 Å². The predicted molar refractivity (Wildman–Crippen MR) is 118 cm³/mol. The fraction of sp³-hybridized carbons (Fsp3) is 0.143. The normalized spacial score (nSPS) is 11.5. The lowest BCUT2D eigenvalue weighted by Gasteiger charge is -2.27. The number of benzene rings is 2. The minimum absolute atomic E-state index is 0.731. The third-order valence-electron chi connectivity index (χ3n) is 2.62. The second kappa shape index (κ2) is 8.22. The molecule has 0 aliphatic carbocycles. The Balaban J connectivity index is 2.30. The quantitative estimate of drug-likeness (QED) is 0.296. The summed E-state index contributed by atoms with van der Waals surface area (Å²) >= 11 is 21.0. The summed E-state index contributed by atoms with van der Waals surface area (Å²) in [7, 11) is -2.50. The van der Waals surface area contributed by atoms with E-state index in [1.54, 1.807) is 0 Å². The van der Waals surface area contributed by atoms with E-state index in [-0.39, 0.29) is 0 Å². The molecule has 0 bridgehead atoms. The van der Waals surface area contributed by atoms with Crippen LogP contribution in [0.25, 0.3) is 0 Å². The Kier molecular flexibility index (Phi) is 7.31. The van der Waals surface area contributed by atoms with Gasteiger partial charge >= 0.3 is 8.56 Å². The molecule has 0 saturated carbocycles. The number of halogens is 6. The second-order valence-electron chi connectivity index (χ2n) is 5.00. The van der Waals surface area contributed by atoms with E-state index in [0.29, 0.717) is 0 Å². The van der Waals surface area contributed by atoms with Gasteiger partial charge in [-0.3, -0.25) is 0 Å². The molecule has 0 fully saturated rings. The summed E-state index contributed by atoms with van der Waals surface area (Å²) < 4.78 is 17.8. The summed E-state index contributed by atoms with van der Waals surface area (Å²) in [6, 6.07) is 7.76. The summed E-state index contributed by atoms with van der Waals surface area (Å²) in [5.74, 6) is 1.46. The van der Waals surface area contributed by atoms with Gasteiger partial charge in [0.2, 0.25) is 0 Å². The van der Waals surface area contributed by atoms with Gasteiger partial charge in [-0.15, -0.1) is 0 Å². The second-order valence-corrected chi connectivity index (χ2v) is 13.5. The lowest BCUT2D eigenvalue weighted by Crippen LogP contribution is -2.42. The Morgan fingerprint density at radius 3 is 1.13 bits per heavy atom. The van der Waals surface area contributed by atoms with E-state index in [1.165, 1.54) is 0 Å². The minimum atomic E-state index is -2.50. The first-order valence-corrected chi connectivity index (χ1v) is 13.8. The third kappa shape index (κ3) is 5.56. The van der Waals surface area contributed by atoms with E-state index in [4.69, 9.17) is 8.85 Å². The molecule has 2 aromatic rings. The van der Waals surface area contributed by atoms with Crippen LogP contribution in [0.4, 0.5) is 0 Å². The SMILES string of the molecule is C[Si](C)(Oc1c(Br)cc(Br)cc1Br)Oc1c(Br)cc(Br)cc1Br. The van der Waals surface area contributed by atoms with Gasteiger partial charge in [0.25, 0.3) is 0 Å². The molecule has 0 atom stereocenters. The van der Waals surface area contributed by atoms with Gasteiger partial charge < -0.3 is 8.85 Å².